The fourth-order valence-electron chi connectivity index (χ4n) is 9.00. The number of nitrogens with one attached hydrogen (secondary N) is 4. The molecule has 302 valence electrons. The van der Waals surface area contributed by atoms with Gasteiger partial charge in [-0.15, -0.1) is 0 Å². The van der Waals surface area contributed by atoms with Gasteiger partial charge in [-0.3, -0.25) is 0 Å². The molecule has 0 radical (unpaired) electrons. The van der Waals surface area contributed by atoms with E-state index in [2.05, 4.69) is 19.4 Å². The number of benzene rings is 4. The molecule has 0 amide bonds. The molecule has 0 spiro atoms. The number of aromatic nitrogens is 8. The van der Waals surface area contributed by atoms with Crippen molar-refractivity contribution in [1.29, 1.82) is 0 Å². The summed E-state index contributed by atoms with van der Waals surface area (Å²) in [6, 6.07) is 25.1. The van der Waals surface area contributed by atoms with Crippen LogP contribution in [0, 0.1) is 0 Å². The van der Waals surface area contributed by atoms with Gasteiger partial charge in [0, 0.05) is 55.9 Å². The highest BCUT2D eigenvalue weighted by Gasteiger charge is 2.29. The van der Waals surface area contributed by atoms with Gasteiger partial charge in [0.2, 0.25) is 20.0 Å². The van der Waals surface area contributed by atoms with Gasteiger partial charge in [-0.1, -0.05) is 87.1 Å². The van der Waals surface area contributed by atoms with E-state index in [9.17, 15) is 16.8 Å². The van der Waals surface area contributed by atoms with Gasteiger partial charge in [0.1, 0.15) is 22.6 Å². The zero-order chi connectivity index (χ0) is 40.6. The van der Waals surface area contributed by atoms with Crippen LogP contribution in [-0.4, -0.2) is 68.8 Å². The summed E-state index contributed by atoms with van der Waals surface area (Å²) in [5, 5.41) is 3.07. The van der Waals surface area contributed by atoms with Crippen LogP contribution in [-0.2, 0) is 20.0 Å². The van der Waals surface area contributed by atoms with Gasteiger partial charge in [0.25, 0.3) is 0 Å². The maximum Gasteiger partial charge on any atom is 0.240 e. The predicted molar refractivity (Wildman–Crippen MR) is 230 cm³/mol. The lowest BCUT2D eigenvalue weighted by atomic mass is 9.96. The second-order valence-corrected chi connectivity index (χ2v) is 19.5. The van der Waals surface area contributed by atoms with E-state index in [-0.39, 0.29) is 21.9 Å². The van der Waals surface area contributed by atoms with Crippen LogP contribution in [0.3, 0.4) is 0 Å². The number of aromatic amines is 2. The van der Waals surface area contributed by atoms with Crippen LogP contribution >= 0.6 is 0 Å². The van der Waals surface area contributed by atoms with Gasteiger partial charge in [-0.2, -0.15) is 0 Å². The number of rotatable bonds is 6. The fraction of sp³-hybridized carbons (Fsp3) is 0.273. The average Bonchev–Trinajstić information content (AvgIpc) is 3.99. The van der Waals surface area contributed by atoms with Gasteiger partial charge in [0.15, 0.2) is 23.3 Å². The molecule has 11 rings (SSSR count). The summed E-state index contributed by atoms with van der Waals surface area (Å²) >= 11 is 0. The summed E-state index contributed by atoms with van der Waals surface area (Å²) in [5.41, 5.74) is 4.18. The third-order valence-electron chi connectivity index (χ3n) is 12.1. The number of hydrogen-bond donors (Lipinski definition) is 4. The van der Waals surface area contributed by atoms with Crippen molar-refractivity contribution in [2.24, 2.45) is 0 Å². The summed E-state index contributed by atoms with van der Waals surface area (Å²) < 4.78 is 61.0. The minimum absolute atomic E-state index is 0.105. The largest absolute Gasteiger partial charge is 0.324 e. The Bertz CT molecular complexity index is 3080. The van der Waals surface area contributed by atoms with E-state index >= 15 is 0 Å². The van der Waals surface area contributed by atoms with E-state index < -0.39 is 20.0 Å². The minimum Gasteiger partial charge on any atom is -0.324 e. The summed E-state index contributed by atoms with van der Waals surface area (Å²) in [7, 11) is -7.68. The minimum atomic E-state index is -3.84. The first kappa shape index (κ1) is 37.1. The van der Waals surface area contributed by atoms with Crippen molar-refractivity contribution in [1.82, 2.24) is 49.3 Å². The lowest BCUT2D eigenvalue weighted by Crippen LogP contribution is -2.36. The van der Waals surface area contributed by atoms with Gasteiger partial charge >= 0.3 is 0 Å². The molecule has 4 N–H and O–H groups in total. The smallest absolute Gasteiger partial charge is 0.240 e. The van der Waals surface area contributed by atoms with Crippen LogP contribution < -0.4 is 9.44 Å². The fourth-order valence-corrected chi connectivity index (χ4v) is 11.7. The molecule has 0 unspecified atom stereocenters. The summed E-state index contributed by atoms with van der Waals surface area (Å²) in [5.74, 6) is 1.27. The Morgan fingerprint density at radius 3 is 1.10 bits per heavy atom. The lowest BCUT2D eigenvalue weighted by molar-refractivity contribution is 0.412. The Morgan fingerprint density at radius 1 is 0.417 bits per heavy atom. The molecule has 60 heavy (non-hydrogen) atoms. The maximum atomic E-state index is 13.8. The van der Waals surface area contributed by atoms with Gasteiger partial charge < -0.3 is 9.97 Å². The topological polar surface area (TPSA) is 201 Å². The Kier molecular flexibility index (Phi) is 8.88. The lowest BCUT2D eigenvalue weighted by Gasteiger charge is -2.22. The molecule has 2 fully saturated rings. The van der Waals surface area contributed by atoms with Crippen molar-refractivity contribution >= 4 is 64.2 Å². The number of sulfonamides is 2. The zero-order valence-electron chi connectivity index (χ0n) is 32.4. The van der Waals surface area contributed by atoms with Crippen LogP contribution in [0.1, 0.15) is 64.2 Å². The van der Waals surface area contributed by atoms with E-state index in [1.165, 1.54) is 0 Å². The molecule has 4 aromatic carbocycles. The van der Waals surface area contributed by atoms with Crippen molar-refractivity contribution in [3.63, 3.8) is 0 Å². The number of fused-ring (bicyclic) bond motifs is 20. The quantitative estimate of drug-likeness (QED) is 0.127. The van der Waals surface area contributed by atoms with Gasteiger partial charge in [-0.25, -0.2) is 56.2 Å². The van der Waals surface area contributed by atoms with Crippen LogP contribution in [0.4, 0.5) is 0 Å². The van der Waals surface area contributed by atoms with Crippen molar-refractivity contribution in [3.8, 4) is 45.6 Å². The highest BCUT2D eigenvalue weighted by molar-refractivity contribution is 7.89. The standard InChI is InChI=1S/C44H40N10O4S2/c55-59(56,53-25-11-3-1-4-12-25)27-19-21-33-35(23-27)43-49-39-31-17-9-7-15-29(31)38(45-39)48-42-34-22-20-28(60(57,58)54-26-13-5-2-6-14-26)24-36(34)44(52-42)50-40-32-18-10-8-16-30(32)37(46-40)47-41(33)51-43/h7-10,15-26,53-54H,1-6,11-14H2,(H2,45,46,47,48,49,50,51,52). The Balaban J connectivity index is 1.14. The van der Waals surface area contributed by atoms with E-state index in [4.69, 9.17) is 29.9 Å². The molecule has 2 aliphatic heterocycles. The first-order valence-electron chi connectivity index (χ1n) is 20.5. The van der Waals surface area contributed by atoms with Gasteiger partial charge in [-0.05, 0) is 62.1 Å². The van der Waals surface area contributed by atoms with E-state index in [1.54, 1.807) is 36.4 Å². The molecule has 0 atom stereocenters. The molecule has 2 saturated carbocycles. The van der Waals surface area contributed by atoms with Crippen molar-refractivity contribution in [2.75, 3.05) is 0 Å². The molecule has 16 heteroatoms. The number of nitrogens with zero attached hydrogens (tertiary/aromatic N) is 6. The Morgan fingerprint density at radius 2 is 0.750 bits per heavy atom. The van der Waals surface area contributed by atoms with Crippen LogP contribution in [0.15, 0.2) is 94.7 Å². The second kappa shape index (κ2) is 14.4. The average molecular weight is 837 g/mol. The molecule has 8 bridgehead atoms. The number of H-pyrrole nitrogens is 2. The number of hydrogen-bond acceptors (Lipinski definition) is 10. The summed E-state index contributed by atoms with van der Waals surface area (Å²) in [4.78, 5) is 37.1. The van der Waals surface area contributed by atoms with Crippen LogP contribution in [0.2, 0.25) is 0 Å². The molecule has 3 aromatic heterocycles. The Labute approximate surface area is 345 Å². The highest BCUT2D eigenvalue weighted by Crippen LogP contribution is 2.39. The van der Waals surface area contributed by atoms with Crippen molar-refractivity contribution in [3.05, 3.63) is 84.9 Å². The van der Waals surface area contributed by atoms with Crippen LogP contribution in [0.5, 0.6) is 0 Å². The second-order valence-electron chi connectivity index (χ2n) is 16.0. The summed E-state index contributed by atoms with van der Waals surface area (Å²) in [6.45, 7) is 0. The van der Waals surface area contributed by atoms with E-state index in [0.717, 1.165) is 85.8 Å². The monoisotopic (exact) mass is 836 g/mol. The molecular formula is C44H40N10O4S2. The molecule has 5 heterocycles. The Hall–Kier alpha value is -5.94. The molecule has 14 nitrogen and oxygen atoms in total. The highest BCUT2D eigenvalue weighted by atomic mass is 32.2. The van der Waals surface area contributed by atoms with E-state index in [1.807, 2.05) is 48.5 Å². The molecule has 4 aliphatic rings. The molecule has 2 aliphatic carbocycles. The van der Waals surface area contributed by atoms with Crippen LogP contribution in [0.25, 0.3) is 89.7 Å². The molecule has 0 saturated heterocycles. The van der Waals surface area contributed by atoms with Crippen molar-refractivity contribution in [2.45, 2.75) is 86.1 Å². The first-order valence-corrected chi connectivity index (χ1v) is 23.5. The normalized spacial score (nSPS) is 16.3. The third-order valence-corrected chi connectivity index (χ3v) is 15.1. The van der Waals surface area contributed by atoms with Crippen molar-refractivity contribution < 1.29 is 16.8 Å². The zero-order valence-corrected chi connectivity index (χ0v) is 34.1. The first-order chi connectivity index (χ1) is 29.2. The maximum absolute atomic E-state index is 13.8. The molecule has 7 aromatic rings. The van der Waals surface area contributed by atoms with E-state index in [0.29, 0.717) is 68.1 Å². The SMILES string of the molecule is O=S(=O)(NC1CCCCC1)c1ccc2c(c1)-c1nc-2nc2[nH]c(nc3nc(nc4[nH]c(n1)c1ccccc41)-c1ccc(S(=O)(=O)NC4CCCCC4)cc1-3)c1ccccc21. The summed E-state index contributed by atoms with van der Waals surface area (Å²) in [6.07, 6.45) is 9.46. The predicted octanol–water partition coefficient (Wildman–Crippen LogP) is 8.09. The molecular weight excluding hydrogens is 797 g/mol. The van der Waals surface area contributed by atoms with Gasteiger partial charge in [0.05, 0.1) is 9.79 Å². The third kappa shape index (κ3) is 6.54.